The first kappa shape index (κ1) is 18.0. The molecular weight excluding hydrogens is 304 g/mol. The summed E-state index contributed by atoms with van der Waals surface area (Å²) in [6.45, 7) is 12.2. The fourth-order valence-corrected chi connectivity index (χ4v) is 2.61. The zero-order valence-corrected chi connectivity index (χ0v) is 14.7. The van der Waals surface area contributed by atoms with Crippen molar-refractivity contribution in [3.8, 4) is 0 Å². The van der Waals surface area contributed by atoms with Crippen molar-refractivity contribution in [3.63, 3.8) is 0 Å². The predicted molar refractivity (Wildman–Crippen MR) is 94.2 cm³/mol. The second-order valence-electron chi connectivity index (χ2n) is 6.97. The van der Waals surface area contributed by atoms with Crippen LogP contribution in [-0.2, 0) is 10.2 Å². The molecule has 0 atom stereocenters. The van der Waals surface area contributed by atoms with Crippen LogP contribution in [-0.4, -0.2) is 54.6 Å². The third kappa shape index (κ3) is 4.37. The van der Waals surface area contributed by atoms with Gasteiger partial charge in [-0.2, -0.15) is 0 Å². The maximum atomic E-state index is 12.6. The number of hydrogen-bond donors (Lipinski definition) is 0. The van der Waals surface area contributed by atoms with Crippen LogP contribution in [0.1, 0.15) is 36.7 Å². The maximum Gasteiger partial charge on any atom is 0.410 e. The first-order valence-corrected chi connectivity index (χ1v) is 8.25. The molecule has 24 heavy (non-hydrogen) atoms. The fraction of sp³-hybridized carbons (Fsp3) is 0.474. The van der Waals surface area contributed by atoms with Crippen molar-refractivity contribution in [1.29, 1.82) is 0 Å². The van der Waals surface area contributed by atoms with E-state index in [1.54, 1.807) is 15.9 Å². The minimum absolute atomic E-state index is 0.00886. The second kappa shape index (κ2) is 7.51. The van der Waals surface area contributed by atoms with E-state index in [0.717, 1.165) is 0 Å². The van der Waals surface area contributed by atoms with Crippen LogP contribution in [0.3, 0.4) is 0 Å². The number of ether oxygens (including phenoxy) is 1. The molecule has 1 aliphatic rings. The molecule has 1 aromatic carbocycles. The van der Waals surface area contributed by atoms with Crippen molar-refractivity contribution in [1.82, 2.24) is 9.80 Å². The highest BCUT2D eigenvalue weighted by atomic mass is 16.6. The van der Waals surface area contributed by atoms with E-state index in [9.17, 15) is 9.59 Å². The molecular formula is C19H26N2O3. The van der Waals surface area contributed by atoms with E-state index in [-0.39, 0.29) is 24.0 Å². The first-order valence-electron chi connectivity index (χ1n) is 8.25. The lowest BCUT2D eigenvalue weighted by atomic mass is 9.86. The Balaban J connectivity index is 1.93. The summed E-state index contributed by atoms with van der Waals surface area (Å²) in [6.07, 6.45) is 1.19. The summed E-state index contributed by atoms with van der Waals surface area (Å²) in [5.41, 5.74) is 1.96. The van der Waals surface area contributed by atoms with Crippen LogP contribution in [0.15, 0.2) is 36.9 Å². The molecule has 0 spiro atoms. The molecule has 0 radical (unpaired) electrons. The van der Waals surface area contributed by atoms with Gasteiger partial charge in [0.1, 0.15) is 6.61 Å². The number of amides is 2. The Hall–Kier alpha value is -2.30. The summed E-state index contributed by atoms with van der Waals surface area (Å²) in [5, 5.41) is 0. The Morgan fingerprint density at radius 1 is 1.08 bits per heavy atom. The number of piperazine rings is 1. The summed E-state index contributed by atoms with van der Waals surface area (Å²) in [7, 11) is 0. The van der Waals surface area contributed by atoms with Gasteiger partial charge in [-0.25, -0.2) is 4.79 Å². The van der Waals surface area contributed by atoms with E-state index in [1.165, 1.54) is 5.56 Å². The van der Waals surface area contributed by atoms with Gasteiger partial charge < -0.3 is 14.5 Å². The van der Waals surface area contributed by atoms with E-state index in [4.69, 9.17) is 4.74 Å². The van der Waals surface area contributed by atoms with Crippen molar-refractivity contribution in [2.75, 3.05) is 32.8 Å². The van der Waals surface area contributed by atoms with Crippen molar-refractivity contribution < 1.29 is 14.3 Å². The summed E-state index contributed by atoms with van der Waals surface area (Å²) < 4.78 is 5.02. The molecule has 5 heteroatoms. The molecule has 2 rings (SSSR count). The van der Waals surface area contributed by atoms with Gasteiger partial charge in [0.2, 0.25) is 0 Å². The summed E-state index contributed by atoms with van der Waals surface area (Å²) >= 11 is 0. The van der Waals surface area contributed by atoms with Crippen LogP contribution in [0.5, 0.6) is 0 Å². The van der Waals surface area contributed by atoms with Gasteiger partial charge in [0.05, 0.1) is 0 Å². The smallest absolute Gasteiger partial charge is 0.410 e. The van der Waals surface area contributed by atoms with Gasteiger partial charge in [0.25, 0.3) is 5.91 Å². The van der Waals surface area contributed by atoms with Crippen LogP contribution in [0.25, 0.3) is 0 Å². The third-order valence-electron chi connectivity index (χ3n) is 4.15. The standard InChI is InChI=1S/C19H26N2O3/c1-5-14-24-18(23)21-12-10-20(11-13-21)17(22)15-6-8-16(9-7-15)19(2,3)4/h5-9H,1,10-14H2,2-4H3. The molecule has 0 unspecified atom stereocenters. The van der Waals surface area contributed by atoms with E-state index in [0.29, 0.717) is 31.7 Å². The molecule has 0 aromatic heterocycles. The average molecular weight is 330 g/mol. The monoisotopic (exact) mass is 330 g/mol. The van der Waals surface area contributed by atoms with Gasteiger partial charge in [-0.15, -0.1) is 0 Å². The summed E-state index contributed by atoms with van der Waals surface area (Å²) in [5.74, 6) is 0.00886. The molecule has 0 saturated carbocycles. The highest BCUT2D eigenvalue weighted by Crippen LogP contribution is 2.22. The van der Waals surface area contributed by atoms with E-state index < -0.39 is 0 Å². The zero-order valence-electron chi connectivity index (χ0n) is 14.7. The van der Waals surface area contributed by atoms with Crippen LogP contribution in [0.4, 0.5) is 4.79 Å². The number of nitrogens with zero attached hydrogens (tertiary/aromatic N) is 2. The Labute approximate surface area is 143 Å². The Kier molecular flexibility index (Phi) is 5.65. The second-order valence-corrected chi connectivity index (χ2v) is 6.97. The van der Waals surface area contributed by atoms with E-state index >= 15 is 0 Å². The number of rotatable bonds is 3. The van der Waals surface area contributed by atoms with Crippen LogP contribution in [0.2, 0.25) is 0 Å². The lowest BCUT2D eigenvalue weighted by Crippen LogP contribution is -2.50. The van der Waals surface area contributed by atoms with Gasteiger partial charge in [0, 0.05) is 31.7 Å². The highest BCUT2D eigenvalue weighted by molar-refractivity contribution is 5.94. The van der Waals surface area contributed by atoms with Crippen LogP contribution < -0.4 is 0 Å². The SMILES string of the molecule is C=CCOC(=O)N1CCN(C(=O)c2ccc(C(C)(C)C)cc2)CC1. The lowest BCUT2D eigenvalue weighted by Gasteiger charge is -2.34. The minimum Gasteiger partial charge on any atom is -0.445 e. The molecule has 0 aliphatic carbocycles. The number of carbonyl (C=O) groups excluding carboxylic acids is 2. The quantitative estimate of drug-likeness (QED) is 0.800. The lowest BCUT2D eigenvalue weighted by molar-refractivity contribution is 0.0581. The molecule has 1 aliphatic heterocycles. The Bertz CT molecular complexity index is 594. The highest BCUT2D eigenvalue weighted by Gasteiger charge is 2.25. The number of benzene rings is 1. The van der Waals surface area contributed by atoms with Crippen molar-refractivity contribution in [2.24, 2.45) is 0 Å². The molecule has 5 nitrogen and oxygen atoms in total. The summed E-state index contributed by atoms with van der Waals surface area (Å²) in [4.78, 5) is 27.8. The van der Waals surface area contributed by atoms with Gasteiger partial charge >= 0.3 is 6.09 Å². The topological polar surface area (TPSA) is 49.9 Å². The Morgan fingerprint density at radius 3 is 2.12 bits per heavy atom. The molecule has 0 N–H and O–H groups in total. The third-order valence-corrected chi connectivity index (χ3v) is 4.15. The van der Waals surface area contributed by atoms with Crippen LogP contribution >= 0.6 is 0 Å². The zero-order chi connectivity index (χ0) is 17.7. The first-order chi connectivity index (χ1) is 11.3. The molecule has 1 fully saturated rings. The van der Waals surface area contributed by atoms with Gasteiger partial charge in [-0.05, 0) is 23.1 Å². The fourth-order valence-electron chi connectivity index (χ4n) is 2.61. The van der Waals surface area contributed by atoms with Gasteiger partial charge in [-0.3, -0.25) is 4.79 Å². The normalized spacial score (nSPS) is 15.1. The average Bonchev–Trinajstić information content (AvgIpc) is 2.58. The molecule has 1 heterocycles. The van der Waals surface area contributed by atoms with Gasteiger partial charge in [-0.1, -0.05) is 45.6 Å². The summed E-state index contributed by atoms with van der Waals surface area (Å²) in [6, 6.07) is 7.79. The van der Waals surface area contributed by atoms with E-state index in [1.807, 2.05) is 24.3 Å². The van der Waals surface area contributed by atoms with Crippen molar-refractivity contribution >= 4 is 12.0 Å². The number of carbonyl (C=O) groups is 2. The Morgan fingerprint density at radius 2 is 1.62 bits per heavy atom. The van der Waals surface area contributed by atoms with Crippen LogP contribution in [0, 0.1) is 0 Å². The largest absolute Gasteiger partial charge is 0.445 e. The molecule has 130 valence electrons. The molecule has 1 saturated heterocycles. The predicted octanol–water partition coefficient (Wildman–Crippen LogP) is 3.06. The van der Waals surface area contributed by atoms with Crippen molar-refractivity contribution in [3.05, 3.63) is 48.0 Å². The maximum absolute atomic E-state index is 12.6. The number of hydrogen-bond acceptors (Lipinski definition) is 3. The van der Waals surface area contributed by atoms with E-state index in [2.05, 4.69) is 27.4 Å². The molecule has 0 bridgehead atoms. The molecule has 2 amide bonds. The molecule has 1 aromatic rings. The van der Waals surface area contributed by atoms with Gasteiger partial charge in [0.15, 0.2) is 0 Å². The minimum atomic E-state index is -0.350. The van der Waals surface area contributed by atoms with Crippen molar-refractivity contribution in [2.45, 2.75) is 26.2 Å².